The van der Waals surface area contributed by atoms with Crippen molar-refractivity contribution in [1.82, 2.24) is 9.80 Å². The van der Waals surface area contributed by atoms with E-state index < -0.39 is 0 Å². The monoisotopic (exact) mass is 313 g/mol. The van der Waals surface area contributed by atoms with Crippen LogP contribution in [0.15, 0.2) is 36.9 Å². The van der Waals surface area contributed by atoms with Crippen LogP contribution in [0.2, 0.25) is 0 Å². The van der Waals surface area contributed by atoms with Crippen LogP contribution in [0.5, 0.6) is 0 Å². The maximum Gasteiger partial charge on any atom is 0.236 e. The second kappa shape index (κ2) is 6.36. The average Bonchev–Trinajstić information content (AvgIpc) is 2.84. The van der Waals surface area contributed by atoms with E-state index in [-0.39, 0.29) is 11.3 Å². The van der Waals surface area contributed by atoms with Crippen molar-refractivity contribution in [3.8, 4) is 0 Å². The van der Waals surface area contributed by atoms with Crippen molar-refractivity contribution in [3.63, 3.8) is 0 Å². The zero-order valence-electron chi connectivity index (χ0n) is 14.3. The molecule has 1 aromatic carbocycles. The van der Waals surface area contributed by atoms with Crippen molar-refractivity contribution in [2.45, 2.75) is 18.3 Å². The zero-order valence-corrected chi connectivity index (χ0v) is 14.3. The molecule has 0 radical (unpaired) electrons. The summed E-state index contributed by atoms with van der Waals surface area (Å²) in [7, 11) is 3.66. The van der Waals surface area contributed by atoms with Crippen molar-refractivity contribution in [2.24, 2.45) is 0 Å². The molecule has 1 fully saturated rings. The Bertz CT molecular complexity index is 588. The minimum atomic E-state index is 0.195. The number of hydrogen-bond acceptors (Lipinski definition) is 3. The lowest BCUT2D eigenvalue weighted by Gasteiger charge is -2.40. The number of hydrogen-bond donors (Lipinski definition) is 0. The molecule has 0 saturated carbocycles. The summed E-state index contributed by atoms with van der Waals surface area (Å²) >= 11 is 0. The minimum Gasteiger partial charge on any atom is -0.367 e. The number of carbonyl (C=O) groups is 1. The molecule has 1 spiro atoms. The van der Waals surface area contributed by atoms with Crippen molar-refractivity contribution >= 4 is 11.6 Å². The van der Waals surface area contributed by atoms with Gasteiger partial charge < -0.3 is 9.80 Å². The van der Waals surface area contributed by atoms with Crippen LogP contribution in [-0.2, 0) is 10.2 Å². The predicted molar refractivity (Wildman–Crippen MR) is 94.9 cm³/mol. The normalized spacial score (nSPS) is 19.7. The minimum absolute atomic E-state index is 0.195. The third-order valence-electron chi connectivity index (χ3n) is 5.33. The van der Waals surface area contributed by atoms with Crippen LogP contribution in [0.4, 0.5) is 5.69 Å². The van der Waals surface area contributed by atoms with Gasteiger partial charge in [-0.05, 0) is 37.6 Å². The second-order valence-corrected chi connectivity index (χ2v) is 7.03. The Morgan fingerprint density at radius 1 is 1.30 bits per heavy atom. The van der Waals surface area contributed by atoms with Gasteiger partial charge in [0.15, 0.2) is 0 Å². The molecular weight excluding hydrogens is 286 g/mol. The quantitative estimate of drug-likeness (QED) is 0.797. The summed E-state index contributed by atoms with van der Waals surface area (Å²) in [6.07, 6.45) is 4.23. The van der Waals surface area contributed by atoms with Gasteiger partial charge in [0, 0.05) is 38.3 Å². The lowest BCUT2D eigenvalue weighted by Crippen LogP contribution is -2.47. The molecule has 2 aliphatic rings. The number of carbonyl (C=O) groups excluding carboxylic acids is 1. The van der Waals surface area contributed by atoms with Gasteiger partial charge >= 0.3 is 0 Å². The fraction of sp³-hybridized carbons (Fsp3) is 0.526. The molecule has 0 aliphatic carbocycles. The third-order valence-corrected chi connectivity index (χ3v) is 5.33. The smallest absolute Gasteiger partial charge is 0.236 e. The van der Waals surface area contributed by atoms with E-state index in [9.17, 15) is 4.79 Å². The fourth-order valence-corrected chi connectivity index (χ4v) is 3.95. The van der Waals surface area contributed by atoms with Crippen molar-refractivity contribution in [3.05, 3.63) is 42.5 Å². The van der Waals surface area contributed by atoms with Crippen molar-refractivity contribution in [1.29, 1.82) is 0 Å². The van der Waals surface area contributed by atoms with E-state index in [0.717, 1.165) is 39.0 Å². The molecular formula is C19H27N3O. The van der Waals surface area contributed by atoms with Gasteiger partial charge in [-0.15, -0.1) is 6.58 Å². The van der Waals surface area contributed by atoms with Crippen LogP contribution >= 0.6 is 0 Å². The highest BCUT2D eigenvalue weighted by Crippen LogP contribution is 2.46. The molecule has 0 bridgehead atoms. The molecule has 124 valence electrons. The summed E-state index contributed by atoms with van der Waals surface area (Å²) in [6, 6.07) is 8.80. The van der Waals surface area contributed by atoms with E-state index in [0.29, 0.717) is 6.54 Å². The average molecular weight is 313 g/mol. The van der Waals surface area contributed by atoms with E-state index >= 15 is 0 Å². The number of rotatable bonds is 4. The molecule has 4 heteroatoms. The lowest BCUT2D eigenvalue weighted by molar-refractivity contribution is -0.130. The van der Waals surface area contributed by atoms with E-state index in [2.05, 4.69) is 40.6 Å². The van der Waals surface area contributed by atoms with E-state index in [1.54, 1.807) is 4.90 Å². The third kappa shape index (κ3) is 3.00. The number of anilines is 1. The standard InChI is InChI=1S/C19H27N3O/c1-4-11-22-15-19(16-7-5-6-8-17(16)22)9-12-21(13-10-19)14-18(23)20(2)3/h4-8H,1,9-15H2,2-3H3. The molecule has 2 heterocycles. The van der Waals surface area contributed by atoms with Gasteiger partial charge in [-0.2, -0.15) is 0 Å². The molecule has 1 saturated heterocycles. The lowest BCUT2D eigenvalue weighted by atomic mass is 9.74. The van der Waals surface area contributed by atoms with Gasteiger partial charge in [-0.3, -0.25) is 9.69 Å². The number of para-hydroxylation sites is 1. The largest absolute Gasteiger partial charge is 0.367 e. The van der Waals surface area contributed by atoms with Crippen LogP contribution in [0.1, 0.15) is 18.4 Å². The Morgan fingerprint density at radius 2 is 2.00 bits per heavy atom. The number of benzene rings is 1. The molecule has 1 amide bonds. The van der Waals surface area contributed by atoms with E-state index in [1.807, 2.05) is 20.2 Å². The summed E-state index contributed by atoms with van der Waals surface area (Å²) in [5, 5.41) is 0. The highest BCUT2D eigenvalue weighted by atomic mass is 16.2. The Morgan fingerprint density at radius 3 is 2.65 bits per heavy atom. The number of amides is 1. The van der Waals surface area contributed by atoms with E-state index in [4.69, 9.17) is 0 Å². The van der Waals surface area contributed by atoms with Crippen molar-refractivity contribution < 1.29 is 4.79 Å². The molecule has 4 nitrogen and oxygen atoms in total. The Kier molecular flexibility index (Phi) is 4.44. The second-order valence-electron chi connectivity index (χ2n) is 7.03. The number of nitrogens with zero attached hydrogens (tertiary/aromatic N) is 3. The van der Waals surface area contributed by atoms with Crippen LogP contribution in [0.25, 0.3) is 0 Å². The van der Waals surface area contributed by atoms with Crippen LogP contribution in [0.3, 0.4) is 0 Å². The SMILES string of the molecule is C=CCN1CC2(CCN(CC(=O)N(C)C)CC2)c2ccccc21. The summed E-state index contributed by atoms with van der Waals surface area (Å²) in [5.74, 6) is 0.195. The number of likely N-dealkylation sites (N-methyl/N-ethyl adjacent to an activating group) is 1. The zero-order chi connectivity index (χ0) is 16.4. The van der Waals surface area contributed by atoms with Gasteiger partial charge in [0.05, 0.1) is 6.54 Å². The number of likely N-dealkylation sites (tertiary alicyclic amines) is 1. The molecule has 1 aromatic rings. The Hall–Kier alpha value is -1.81. The van der Waals surface area contributed by atoms with Crippen molar-refractivity contribution in [2.75, 3.05) is 51.7 Å². The molecule has 3 rings (SSSR count). The van der Waals surface area contributed by atoms with Crippen LogP contribution in [0, 0.1) is 0 Å². The van der Waals surface area contributed by atoms with Gasteiger partial charge in [-0.1, -0.05) is 24.3 Å². The maximum absolute atomic E-state index is 11.9. The Labute approximate surface area is 139 Å². The highest BCUT2D eigenvalue weighted by Gasteiger charge is 2.44. The van der Waals surface area contributed by atoms with Gasteiger partial charge in [0.1, 0.15) is 0 Å². The number of fused-ring (bicyclic) bond motifs is 2. The summed E-state index contributed by atoms with van der Waals surface area (Å²) in [4.78, 5) is 18.4. The molecule has 2 aliphatic heterocycles. The Balaban J connectivity index is 1.73. The molecule has 0 N–H and O–H groups in total. The topological polar surface area (TPSA) is 26.8 Å². The summed E-state index contributed by atoms with van der Waals surface area (Å²) < 4.78 is 0. The summed E-state index contributed by atoms with van der Waals surface area (Å²) in [6.45, 7) is 8.42. The van der Waals surface area contributed by atoms with Crippen LogP contribution in [-0.4, -0.2) is 62.5 Å². The number of piperidine rings is 1. The van der Waals surface area contributed by atoms with Crippen LogP contribution < -0.4 is 4.90 Å². The first-order valence-corrected chi connectivity index (χ1v) is 8.43. The molecule has 0 unspecified atom stereocenters. The van der Waals surface area contributed by atoms with Gasteiger partial charge in [0.25, 0.3) is 0 Å². The first-order valence-electron chi connectivity index (χ1n) is 8.43. The first-order chi connectivity index (χ1) is 11.1. The maximum atomic E-state index is 11.9. The van der Waals surface area contributed by atoms with E-state index in [1.165, 1.54) is 11.3 Å². The first kappa shape index (κ1) is 16.1. The molecule has 0 aromatic heterocycles. The molecule has 23 heavy (non-hydrogen) atoms. The molecule has 0 atom stereocenters. The van der Waals surface area contributed by atoms with Gasteiger partial charge in [-0.25, -0.2) is 0 Å². The highest BCUT2D eigenvalue weighted by molar-refractivity contribution is 5.77. The van der Waals surface area contributed by atoms with Gasteiger partial charge in [0.2, 0.25) is 5.91 Å². The summed E-state index contributed by atoms with van der Waals surface area (Å²) in [5.41, 5.74) is 3.10. The predicted octanol–water partition coefficient (Wildman–Crippen LogP) is 2.11. The fourth-order valence-electron chi connectivity index (χ4n) is 3.95.